The van der Waals surface area contributed by atoms with E-state index in [1.54, 1.807) is 6.92 Å². The molecule has 6 rings (SSSR count). The Morgan fingerprint density at radius 2 is 1.83 bits per heavy atom. The molecule has 12 atom stereocenters. The van der Waals surface area contributed by atoms with Crippen molar-refractivity contribution < 1.29 is 34.4 Å². The van der Waals surface area contributed by atoms with Gasteiger partial charge in [-0.3, -0.25) is 4.79 Å². The van der Waals surface area contributed by atoms with Crippen molar-refractivity contribution in [3.63, 3.8) is 0 Å². The minimum absolute atomic E-state index is 0.0382. The lowest BCUT2D eigenvalue weighted by Crippen LogP contribution is -2.70. The van der Waals surface area contributed by atoms with Crippen molar-refractivity contribution in [2.24, 2.45) is 34.5 Å². The van der Waals surface area contributed by atoms with Gasteiger partial charge in [-0.05, 0) is 82.3 Å². The summed E-state index contributed by atoms with van der Waals surface area (Å²) in [5, 5.41) is 34.8. The van der Waals surface area contributed by atoms with Crippen LogP contribution in [-0.2, 0) is 19.1 Å². The molecule has 0 aromatic heterocycles. The van der Waals surface area contributed by atoms with Crippen molar-refractivity contribution in [2.45, 2.75) is 102 Å². The highest BCUT2D eigenvalue weighted by molar-refractivity contribution is 5.98. The number of allylic oxidation sites excluding steroid dienone is 1. The van der Waals surface area contributed by atoms with Crippen LogP contribution in [0.4, 0.5) is 0 Å². The minimum Gasteiger partial charge on any atom is -0.458 e. The smallest absolute Gasteiger partial charge is 0.333 e. The molecule has 7 nitrogen and oxygen atoms in total. The number of epoxide rings is 1. The van der Waals surface area contributed by atoms with Crippen molar-refractivity contribution in [2.75, 3.05) is 0 Å². The van der Waals surface area contributed by atoms with Crippen LogP contribution in [0.2, 0.25) is 0 Å². The lowest BCUT2D eigenvalue weighted by molar-refractivity contribution is -0.228. The van der Waals surface area contributed by atoms with Crippen molar-refractivity contribution >= 4 is 11.8 Å². The molecule has 35 heavy (non-hydrogen) atoms. The first-order valence-corrected chi connectivity index (χ1v) is 13.2. The number of esters is 1. The molecule has 4 aliphatic carbocycles. The van der Waals surface area contributed by atoms with Gasteiger partial charge in [-0.2, -0.15) is 0 Å². The molecule has 3 N–H and O–H groups in total. The molecule has 1 saturated heterocycles. The van der Waals surface area contributed by atoms with Gasteiger partial charge in [-0.25, -0.2) is 4.79 Å². The van der Waals surface area contributed by atoms with Crippen molar-refractivity contribution in [3.05, 3.63) is 23.3 Å². The molecule has 0 amide bonds. The number of rotatable bonds is 2. The topological polar surface area (TPSA) is 117 Å². The van der Waals surface area contributed by atoms with Gasteiger partial charge in [-0.1, -0.05) is 19.4 Å². The summed E-state index contributed by atoms with van der Waals surface area (Å²) in [7, 11) is 0. The first kappa shape index (κ1) is 23.8. The first-order chi connectivity index (χ1) is 16.3. The van der Waals surface area contributed by atoms with Crippen LogP contribution < -0.4 is 0 Å². The fraction of sp³-hybridized carbons (Fsp3) is 0.786. The number of fused-ring (bicyclic) bond motifs is 4. The third kappa shape index (κ3) is 2.56. The fourth-order valence-corrected chi connectivity index (χ4v) is 9.50. The molecule has 0 radical (unpaired) electrons. The van der Waals surface area contributed by atoms with Crippen molar-refractivity contribution in [1.82, 2.24) is 0 Å². The quantitative estimate of drug-likeness (QED) is 0.406. The standard InChI is InChI=1S/C28H38O7/c1-13-10-19(34-24(32)14(13)2)15(3)17-11-22(31)27(33)18-12-23-28(35-23)21(30)7-6-20(29)26(28,5)16(18)8-9-25(17,27)4/h6-7,15-19,21-23,30-31,33H,8-12H2,1-5H3. The highest BCUT2D eigenvalue weighted by atomic mass is 16.6. The van der Waals surface area contributed by atoms with E-state index in [1.807, 2.05) is 13.8 Å². The number of ketones is 1. The lowest BCUT2D eigenvalue weighted by Gasteiger charge is -2.61. The van der Waals surface area contributed by atoms with Gasteiger partial charge in [0.25, 0.3) is 0 Å². The molecule has 0 aromatic carbocycles. The number of hydrogen-bond donors (Lipinski definition) is 3. The van der Waals surface area contributed by atoms with Crippen LogP contribution in [0, 0.1) is 34.5 Å². The average molecular weight is 487 g/mol. The molecule has 0 aromatic rings. The Kier molecular flexibility index (Phi) is 4.81. The first-order valence-electron chi connectivity index (χ1n) is 13.2. The molecule has 6 aliphatic rings. The maximum absolute atomic E-state index is 13.3. The van der Waals surface area contributed by atoms with E-state index >= 15 is 0 Å². The zero-order valence-electron chi connectivity index (χ0n) is 21.3. The zero-order chi connectivity index (χ0) is 25.3. The molecule has 12 unspecified atom stereocenters. The second kappa shape index (κ2) is 7.06. The Labute approximate surface area is 206 Å². The predicted molar refractivity (Wildman–Crippen MR) is 126 cm³/mol. The second-order valence-electron chi connectivity index (χ2n) is 12.8. The minimum atomic E-state index is -1.39. The van der Waals surface area contributed by atoms with E-state index in [1.165, 1.54) is 12.2 Å². The maximum atomic E-state index is 13.3. The molecule has 3 saturated carbocycles. The number of hydrogen-bond acceptors (Lipinski definition) is 7. The SMILES string of the molecule is CC1=C(C)C(=O)OC(C(C)C2CC(O)C3(O)C4CC5OC56C(O)C=CC(=O)C6(C)C4CCC23C)C1. The molecular formula is C28H38O7. The van der Waals surface area contributed by atoms with E-state index in [2.05, 4.69) is 13.8 Å². The number of carbonyl (C=O) groups excluding carboxylic acids is 2. The van der Waals surface area contributed by atoms with Gasteiger partial charge in [0.2, 0.25) is 0 Å². The van der Waals surface area contributed by atoms with E-state index in [9.17, 15) is 24.9 Å². The molecular weight excluding hydrogens is 448 g/mol. The zero-order valence-corrected chi connectivity index (χ0v) is 21.3. The molecule has 7 heteroatoms. The summed E-state index contributed by atoms with van der Waals surface area (Å²) < 4.78 is 12.0. The third-order valence-corrected chi connectivity index (χ3v) is 11.8. The van der Waals surface area contributed by atoms with E-state index in [4.69, 9.17) is 9.47 Å². The van der Waals surface area contributed by atoms with Crippen LogP contribution in [0.25, 0.3) is 0 Å². The van der Waals surface area contributed by atoms with Gasteiger partial charge in [0.1, 0.15) is 17.8 Å². The Morgan fingerprint density at radius 3 is 2.51 bits per heavy atom. The predicted octanol–water partition coefficient (Wildman–Crippen LogP) is 2.47. The van der Waals surface area contributed by atoms with Crippen LogP contribution in [0.1, 0.15) is 66.7 Å². The second-order valence-corrected chi connectivity index (χ2v) is 12.8. The van der Waals surface area contributed by atoms with Gasteiger partial charge in [0, 0.05) is 17.4 Å². The van der Waals surface area contributed by atoms with Crippen LogP contribution >= 0.6 is 0 Å². The number of aliphatic hydroxyl groups excluding tert-OH is 2. The van der Waals surface area contributed by atoms with Gasteiger partial charge in [0.15, 0.2) is 5.78 Å². The van der Waals surface area contributed by atoms with E-state index in [-0.39, 0.29) is 47.6 Å². The van der Waals surface area contributed by atoms with Gasteiger partial charge in [0.05, 0.1) is 23.2 Å². The highest BCUT2D eigenvalue weighted by Crippen LogP contribution is 2.74. The number of aliphatic hydroxyl groups is 3. The molecule has 4 fully saturated rings. The van der Waals surface area contributed by atoms with E-state index in [0.717, 1.165) is 5.57 Å². The van der Waals surface area contributed by atoms with E-state index < -0.39 is 34.2 Å². The summed E-state index contributed by atoms with van der Waals surface area (Å²) in [6, 6.07) is 0. The molecule has 2 heterocycles. The maximum Gasteiger partial charge on any atom is 0.333 e. The molecule has 192 valence electrons. The van der Waals surface area contributed by atoms with Gasteiger partial charge < -0.3 is 24.8 Å². The summed E-state index contributed by atoms with van der Waals surface area (Å²) in [6.07, 6.45) is 3.59. The van der Waals surface area contributed by atoms with Crippen LogP contribution in [0.5, 0.6) is 0 Å². The monoisotopic (exact) mass is 486 g/mol. The summed E-state index contributed by atoms with van der Waals surface area (Å²) >= 11 is 0. The fourth-order valence-electron chi connectivity index (χ4n) is 9.50. The lowest BCUT2D eigenvalue weighted by atomic mass is 9.42. The summed E-state index contributed by atoms with van der Waals surface area (Å²) in [5.41, 5.74) is -2.14. The van der Waals surface area contributed by atoms with Crippen molar-refractivity contribution in [1.29, 1.82) is 0 Å². The Morgan fingerprint density at radius 1 is 1.11 bits per heavy atom. The van der Waals surface area contributed by atoms with E-state index in [0.29, 0.717) is 37.7 Å². The third-order valence-electron chi connectivity index (χ3n) is 11.8. The van der Waals surface area contributed by atoms with Crippen molar-refractivity contribution in [3.8, 4) is 0 Å². The van der Waals surface area contributed by atoms with Crippen LogP contribution in [-0.4, -0.2) is 62.7 Å². The molecule has 1 spiro atoms. The van der Waals surface area contributed by atoms with Gasteiger partial charge >= 0.3 is 5.97 Å². The average Bonchev–Trinajstić information content (AvgIpc) is 3.51. The number of carbonyl (C=O) groups is 2. The largest absolute Gasteiger partial charge is 0.458 e. The summed E-state index contributed by atoms with van der Waals surface area (Å²) in [5.74, 6) is -0.937. The highest BCUT2D eigenvalue weighted by Gasteiger charge is 2.83. The Balaban J connectivity index is 1.36. The molecule has 0 bridgehead atoms. The number of cyclic esters (lactones) is 1. The van der Waals surface area contributed by atoms with Crippen LogP contribution in [0.15, 0.2) is 23.3 Å². The number of ether oxygens (including phenoxy) is 2. The molecule has 2 aliphatic heterocycles. The Bertz CT molecular complexity index is 1060. The summed E-state index contributed by atoms with van der Waals surface area (Å²) in [6.45, 7) is 9.81. The van der Waals surface area contributed by atoms with Gasteiger partial charge in [-0.15, -0.1) is 0 Å². The summed E-state index contributed by atoms with van der Waals surface area (Å²) in [4.78, 5) is 25.8. The normalized spacial score (nSPS) is 55.5. The Hall–Kier alpha value is -1.54. The van der Waals surface area contributed by atoms with Crippen LogP contribution in [0.3, 0.4) is 0 Å².